The molecule has 1 aliphatic rings. The van der Waals surface area contributed by atoms with Crippen LogP contribution in [0.25, 0.3) is 0 Å². The Kier molecular flexibility index (Phi) is 10.6. The average molecular weight is 472 g/mol. The van der Waals surface area contributed by atoms with Crippen molar-refractivity contribution in [3.8, 4) is 0 Å². The molecule has 0 aliphatic carbocycles. The van der Waals surface area contributed by atoms with E-state index >= 15 is 0 Å². The Labute approximate surface area is 175 Å². The number of nitrogens with one attached hydrogen (secondary N) is 2. The summed E-state index contributed by atoms with van der Waals surface area (Å²) < 4.78 is 0. The summed E-state index contributed by atoms with van der Waals surface area (Å²) >= 11 is 0. The van der Waals surface area contributed by atoms with E-state index in [4.69, 9.17) is 0 Å². The molecule has 1 heterocycles. The summed E-state index contributed by atoms with van der Waals surface area (Å²) in [6.45, 7) is 9.84. The second-order valence-corrected chi connectivity index (χ2v) is 6.97. The summed E-state index contributed by atoms with van der Waals surface area (Å²) in [4.78, 5) is 18.3. The molecule has 1 aliphatic heterocycles. The van der Waals surface area contributed by atoms with Crippen LogP contribution in [0.15, 0.2) is 29.3 Å². The Balaban J connectivity index is 0.00000338. The molecule has 0 atom stereocenters. The molecule has 1 aromatic carbocycles. The van der Waals surface area contributed by atoms with Crippen molar-refractivity contribution in [1.82, 2.24) is 10.6 Å². The molecule has 5 nitrogen and oxygen atoms in total. The van der Waals surface area contributed by atoms with Gasteiger partial charge in [-0.2, -0.15) is 0 Å². The van der Waals surface area contributed by atoms with Gasteiger partial charge >= 0.3 is 0 Å². The Morgan fingerprint density at radius 3 is 2.54 bits per heavy atom. The Morgan fingerprint density at radius 2 is 1.96 bits per heavy atom. The predicted molar refractivity (Wildman–Crippen MR) is 120 cm³/mol. The van der Waals surface area contributed by atoms with E-state index in [0.717, 1.165) is 55.6 Å². The number of hydrogen-bond acceptors (Lipinski definition) is 2. The highest BCUT2D eigenvalue weighted by Crippen LogP contribution is 2.21. The average Bonchev–Trinajstić information content (AvgIpc) is 3.02. The van der Waals surface area contributed by atoms with Crippen LogP contribution in [0.5, 0.6) is 0 Å². The molecule has 6 heteroatoms. The van der Waals surface area contributed by atoms with Crippen molar-refractivity contribution in [3.05, 3.63) is 29.8 Å². The molecule has 26 heavy (non-hydrogen) atoms. The van der Waals surface area contributed by atoms with Gasteiger partial charge in [0.25, 0.3) is 0 Å². The zero-order chi connectivity index (χ0) is 18.1. The number of anilines is 1. The van der Waals surface area contributed by atoms with Crippen LogP contribution >= 0.6 is 24.0 Å². The van der Waals surface area contributed by atoms with Gasteiger partial charge in [-0.3, -0.25) is 4.79 Å². The summed E-state index contributed by atoms with van der Waals surface area (Å²) in [6, 6.07) is 8.17. The van der Waals surface area contributed by atoms with Crippen LogP contribution in [-0.2, 0) is 11.3 Å². The first-order chi connectivity index (χ1) is 12.1. The number of carbonyl (C=O) groups is 1. The maximum atomic E-state index is 11.8. The van der Waals surface area contributed by atoms with Crippen LogP contribution in [0.4, 0.5) is 5.69 Å². The van der Waals surface area contributed by atoms with Crippen LogP contribution in [-0.4, -0.2) is 31.5 Å². The SMILES string of the molecule is CCNC(=NCc1ccc(N2CCCC2=O)cc1)NCCCC(C)C.I. The van der Waals surface area contributed by atoms with E-state index in [1.807, 2.05) is 17.0 Å². The summed E-state index contributed by atoms with van der Waals surface area (Å²) in [5.74, 6) is 1.83. The molecule has 2 rings (SSSR count). The third kappa shape index (κ3) is 7.51. The number of amides is 1. The van der Waals surface area contributed by atoms with Crippen LogP contribution in [0.1, 0.15) is 52.0 Å². The third-order valence-electron chi connectivity index (χ3n) is 4.34. The lowest BCUT2D eigenvalue weighted by molar-refractivity contribution is -0.117. The van der Waals surface area contributed by atoms with Crippen LogP contribution < -0.4 is 15.5 Å². The molecule has 1 aromatic rings. The number of carbonyl (C=O) groups excluding carboxylic acids is 1. The first-order valence-corrected chi connectivity index (χ1v) is 9.51. The molecular weight excluding hydrogens is 439 g/mol. The maximum absolute atomic E-state index is 11.8. The minimum absolute atomic E-state index is 0. The summed E-state index contributed by atoms with van der Waals surface area (Å²) in [5.41, 5.74) is 2.14. The number of rotatable bonds is 8. The second-order valence-electron chi connectivity index (χ2n) is 6.97. The van der Waals surface area contributed by atoms with E-state index in [2.05, 4.69) is 48.5 Å². The van der Waals surface area contributed by atoms with Gasteiger partial charge in [-0.05, 0) is 49.8 Å². The second kappa shape index (κ2) is 12.1. The number of nitrogens with zero attached hydrogens (tertiary/aromatic N) is 2. The predicted octanol–water partition coefficient (Wildman–Crippen LogP) is 3.92. The molecule has 0 saturated carbocycles. The topological polar surface area (TPSA) is 56.7 Å². The van der Waals surface area contributed by atoms with Crippen molar-refractivity contribution in [1.29, 1.82) is 0 Å². The van der Waals surface area contributed by atoms with Crippen molar-refractivity contribution in [2.24, 2.45) is 10.9 Å². The van der Waals surface area contributed by atoms with Gasteiger partial charge in [0.1, 0.15) is 0 Å². The molecule has 0 spiro atoms. The summed E-state index contributed by atoms with van der Waals surface area (Å²) in [6.07, 6.45) is 4.00. The van der Waals surface area contributed by atoms with Gasteiger partial charge in [0, 0.05) is 31.7 Å². The molecule has 2 N–H and O–H groups in total. The molecule has 0 unspecified atom stereocenters. The van der Waals surface area contributed by atoms with Gasteiger partial charge in [0.15, 0.2) is 5.96 Å². The van der Waals surface area contributed by atoms with Crippen molar-refractivity contribution in [2.75, 3.05) is 24.5 Å². The lowest BCUT2D eigenvalue weighted by Crippen LogP contribution is -2.37. The normalized spacial score (nSPS) is 14.5. The van der Waals surface area contributed by atoms with E-state index < -0.39 is 0 Å². The molecule has 0 bridgehead atoms. The highest BCUT2D eigenvalue weighted by molar-refractivity contribution is 14.0. The van der Waals surface area contributed by atoms with Gasteiger partial charge in [-0.1, -0.05) is 26.0 Å². The fraction of sp³-hybridized carbons (Fsp3) is 0.600. The zero-order valence-corrected chi connectivity index (χ0v) is 18.6. The Bertz CT molecular complexity index is 572. The lowest BCUT2D eigenvalue weighted by atomic mass is 10.1. The third-order valence-corrected chi connectivity index (χ3v) is 4.34. The van der Waals surface area contributed by atoms with Crippen molar-refractivity contribution in [3.63, 3.8) is 0 Å². The fourth-order valence-electron chi connectivity index (χ4n) is 2.93. The lowest BCUT2D eigenvalue weighted by Gasteiger charge is -2.16. The number of hydrogen-bond donors (Lipinski definition) is 2. The maximum Gasteiger partial charge on any atom is 0.227 e. The van der Waals surface area contributed by atoms with Gasteiger partial charge in [0.05, 0.1) is 6.54 Å². The quantitative estimate of drug-likeness (QED) is 0.261. The van der Waals surface area contributed by atoms with Crippen molar-refractivity contribution in [2.45, 2.75) is 53.0 Å². The largest absolute Gasteiger partial charge is 0.357 e. The van der Waals surface area contributed by atoms with E-state index in [9.17, 15) is 4.79 Å². The van der Waals surface area contributed by atoms with Gasteiger partial charge < -0.3 is 15.5 Å². The van der Waals surface area contributed by atoms with Gasteiger partial charge in [-0.15, -0.1) is 24.0 Å². The van der Waals surface area contributed by atoms with Gasteiger partial charge in [0.2, 0.25) is 5.91 Å². The van der Waals surface area contributed by atoms with E-state index in [-0.39, 0.29) is 29.9 Å². The van der Waals surface area contributed by atoms with Gasteiger partial charge in [-0.25, -0.2) is 4.99 Å². The summed E-state index contributed by atoms with van der Waals surface area (Å²) in [5, 5.41) is 6.68. The number of guanidine groups is 1. The van der Waals surface area contributed by atoms with E-state index in [1.165, 1.54) is 6.42 Å². The van der Waals surface area contributed by atoms with E-state index in [0.29, 0.717) is 13.0 Å². The number of benzene rings is 1. The smallest absolute Gasteiger partial charge is 0.227 e. The van der Waals surface area contributed by atoms with Crippen LogP contribution in [0, 0.1) is 5.92 Å². The molecular formula is C20H33IN4O. The first kappa shape index (κ1) is 22.7. The highest BCUT2D eigenvalue weighted by atomic mass is 127. The molecule has 1 fully saturated rings. The number of aliphatic imine (C=N–C) groups is 1. The molecule has 0 aromatic heterocycles. The molecule has 146 valence electrons. The van der Waals surface area contributed by atoms with Crippen molar-refractivity contribution >= 4 is 41.5 Å². The minimum atomic E-state index is 0. The van der Waals surface area contributed by atoms with Crippen LogP contribution in [0.3, 0.4) is 0 Å². The summed E-state index contributed by atoms with van der Waals surface area (Å²) in [7, 11) is 0. The Morgan fingerprint density at radius 1 is 1.23 bits per heavy atom. The molecule has 0 radical (unpaired) electrons. The highest BCUT2D eigenvalue weighted by Gasteiger charge is 2.21. The standard InChI is InChI=1S/C20H32N4O.HI/c1-4-21-20(22-13-5-7-16(2)3)23-15-17-9-11-18(12-10-17)24-14-6-8-19(24)25;/h9-12,16H,4-8,13-15H2,1-3H3,(H2,21,22,23);1H. The first-order valence-electron chi connectivity index (χ1n) is 9.51. The minimum Gasteiger partial charge on any atom is -0.357 e. The van der Waals surface area contributed by atoms with E-state index in [1.54, 1.807) is 0 Å². The monoisotopic (exact) mass is 472 g/mol. The zero-order valence-electron chi connectivity index (χ0n) is 16.3. The Hall–Kier alpha value is -1.31. The van der Waals surface area contributed by atoms with Crippen molar-refractivity contribution < 1.29 is 4.79 Å². The molecule has 1 amide bonds. The van der Waals surface area contributed by atoms with Crippen LogP contribution in [0.2, 0.25) is 0 Å². The number of halogens is 1. The fourth-order valence-corrected chi connectivity index (χ4v) is 2.93. The molecule has 1 saturated heterocycles.